The molecule has 1 amide bonds. The first-order valence-electron chi connectivity index (χ1n) is 11.8. The van der Waals surface area contributed by atoms with Crippen molar-refractivity contribution in [3.8, 4) is 5.69 Å². The Bertz CT molecular complexity index is 986. The Morgan fingerprint density at radius 1 is 1.24 bits per heavy atom. The number of aromatic nitrogens is 2. The van der Waals surface area contributed by atoms with Gasteiger partial charge in [-0.1, -0.05) is 13.3 Å². The van der Waals surface area contributed by atoms with Crippen LogP contribution in [0.3, 0.4) is 0 Å². The molecule has 2 aliphatic carbocycles. The predicted molar refractivity (Wildman–Crippen MR) is 128 cm³/mol. The summed E-state index contributed by atoms with van der Waals surface area (Å²) >= 11 is 1.61. The summed E-state index contributed by atoms with van der Waals surface area (Å²) in [6, 6.07) is 7.12. The maximum absolute atomic E-state index is 13.4. The summed E-state index contributed by atoms with van der Waals surface area (Å²) in [5, 5.41) is 19.3. The fourth-order valence-electron chi connectivity index (χ4n) is 5.39. The highest BCUT2D eigenvalue weighted by Crippen LogP contribution is 2.44. The SMILES string of the molecule is CCCSc1c(C(=O)NC2[C@@H]3CCC[C@H]2CC(C)(O)C3)cnn1-c1ccc(C(=O)OC)cc1. The molecule has 2 fully saturated rings. The number of hydrogen-bond donors (Lipinski definition) is 2. The molecule has 2 aromatic rings. The van der Waals surface area contributed by atoms with Gasteiger partial charge in [0.15, 0.2) is 0 Å². The van der Waals surface area contributed by atoms with Crippen LogP contribution in [-0.2, 0) is 4.74 Å². The minimum Gasteiger partial charge on any atom is -0.465 e. The lowest BCUT2D eigenvalue weighted by Crippen LogP contribution is -2.55. The molecule has 2 bridgehead atoms. The Morgan fingerprint density at radius 3 is 2.52 bits per heavy atom. The lowest BCUT2D eigenvalue weighted by atomic mass is 9.63. The van der Waals surface area contributed by atoms with Gasteiger partial charge in [-0.2, -0.15) is 5.10 Å². The van der Waals surface area contributed by atoms with Gasteiger partial charge in [0.2, 0.25) is 0 Å². The van der Waals surface area contributed by atoms with Crippen molar-refractivity contribution in [2.75, 3.05) is 12.9 Å². The maximum atomic E-state index is 13.4. The summed E-state index contributed by atoms with van der Waals surface area (Å²) in [4.78, 5) is 25.2. The van der Waals surface area contributed by atoms with Crippen molar-refractivity contribution in [2.24, 2.45) is 11.8 Å². The molecule has 7 nitrogen and oxygen atoms in total. The largest absolute Gasteiger partial charge is 0.465 e. The minimum absolute atomic E-state index is 0.0955. The van der Waals surface area contributed by atoms with Crippen molar-refractivity contribution in [1.29, 1.82) is 0 Å². The summed E-state index contributed by atoms with van der Waals surface area (Å²) in [6.07, 6.45) is 7.32. The zero-order valence-electron chi connectivity index (χ0n) is 19.5. The Hall–Kier alpha value is -2.32. The van der Waals surface area contributed by atoms with Gasteiger partial charge in [-0.15, -0.1) is 11.8 Å². The first kappa shape index (κ1) is 23.8. The fourth-order valence-corrected chi connectivity index (χ4v) is 6.37. The molecule has 4 rings (SSSR count). The summed E-state index contributed by atoms with van der Waals surface area (Å²) in [5.74, 6) is 0.992. The van der Waals surface area contributed by atoms with E-state index in [0.717, 1.165) is 55.0 Å². The van der Waals surface area contributed by atoms with Gasteiger partial charge in [0.25, 0.3) is 5.91 Å². The van der Waals surface area contributed by atoms with Crippen molar-refractivity contribution in [3.63, 3.8) is 0 Å². The summed E-state index contributed by atoms with van der Waals surface area (Å²) in [6.45, 7) is 4.03. The van der Waals surface area contributed by atoms with E-state index in [2.05, 4.69) is 17.3 Å². The van der Waals surface area contributed by atoms with Gasteiger partial charge in [-0.05, 0) is 80.9 Å². The number of thioether (sulfide) groups is 1. The number of amides is 1. The molecule has 2 aliphatic rings. The number of ether oxygens (including phenoxy) is 1. The lowest BCUT2D eigenvalue weighted by Gasteiger charge is -2.48. The van der Waals surface area contributed by atoms with Crippen LogP contribution in [0.25, 0.3) is 5.69 Å². The van der Waals surface area contributed by atoms with Gasteiger partial charge >= 0.3 is 5.97 Å². The second kappa shape index (κ2) is 9.89. The van der Waals surface area contributed by atoms with Crippen LogP contribution in [-0.4, -0.2) is 51.3 Å². The van der Waals surface area contributed by atoms with Gasteiger partial charge in [0.05, 0.1) is 35.7 Å². The molecule has 0 radical (unpaired) electrons. The van der Waals surface area contributed by atoms with E-state index in [1.807, 2.05) is 19.1 Å². The zero-order valence-corrected chi connectivity index (χ0v) is 20.4. The van der Waals surface area contributed by atoms with Crippen molar-refractivity contribution in [3.05, 3.63) is 41.6 Å². The molecule has 4 atom stereocenters. The lowest BCUT2D eigenvalue weighted by molar-refractivity contribution is -0.0530. The Morgan fingerprint density at radius 2 is 1.91 bits per heavy atom. The van der Waals surface area contributed by atoms with Crippen LogP contribution in [0.15, 0.2) is 35.5 Å². The molecule has 0 spiro atoms. The molecule has 1 aromatic heterocycles. The zero-order chi connectivity index (χ0) is 23.6. The van der Waals surface area contributed by atoms with E-state index in [1.54, 1.807) is 34.8 Å². The molecule has 1 heterocycles. The third-order valence-electron chi connectivity index (χ3n) is 6.81. The minimum atomic E-state index is -0.639. The number of methoxy groups -OCH3 is 1. The van der Waals surface area contributed by atoms with Gasteiger partial charge in [0, 0.05) is 6.04 Å². The van der Waals surface area contributed by atoms with E-state index in [1.165, 1.54) is 7.11 Å². The van der Waals surface area contributed by atoms with E-state index >= 15 is 0 Å². The van der Waals surface area contributed by atoms with Gasteiger partial charge in [-0.3, -0.25) is 4.79 Å². The van der Waals surface area contributed by atoms with Crippen molar-refractivity contribution in [1.82, 2.24) is 15.1 Å². The number of nitrogens with zero attached hydrogens (tertiary/aromatic N) is 2. The number of aliphatic hydroxyl groups is 1. The predicted octanol–water partition coefficient (Wildman–Crippen LogP) is 4.22. The van der Waals surface area contributed by atoms with Gasteiger partial charge in [0.1, 0.15) is 5.03 Å². The van der Waals surface area contributed by atoms with Crippen LogP contribution < -0.4 is 5.32 Å². The number of esters is 1. The number of benzene rings is 1. The number of carbonyl (C=O) groups excluding carboxylic acids is 2. The van der Waals surface area contributed by atoms with Crippen LogP contribution in [0.4, 0.5) is 0 Å². The topological polar surface area (TPSA) is 93.5 Å². The molecule has 2 N–H and O–H groups in total. The second-order valence-electron chi connectivity index (χ2n) is 9.52. The number of nitrogens with one attached hydrogen (secondary N) is 1. The first-order chi connectivity index (χ1) is 15.8. The molecular formula is C25H33N3O4S. The van der Waals surface area contributed by atoms with Gasteiger partial charge in [-0.25, -0.2) is 9.48 Å². The molecule has 2 saturated carbocycles. The second-order valence-corrected chi connectivity index (χ2v) is 10.6. The van der Waals surface area contributed by atoms with E-state index in [0.29, 0.717) is 23.0 Å². The molecular weight excluding hydrogens is 438 g/mol. The van der Waals surface area contributed by atoms with Crippen molar-refractivity contribution in [2.45, 2.75) is 69.0 Å². The normalized spacial score (nSPS) is 26.6. The number of carbonyl (C=O) groups is 2. The molecule has 0 saturated heterocycles. The molecule has 2 unspecified atom stereocenters. The van der Waals surface area contributed by atoms with Crippen molar-refractivity contribution < 1.29 is 19.4 Å². The molecule has 178 valence electrons. The summed E-state index contributed by atoms with van der Waals surface area (Å²) in [7, 11) is 1.36. The Balaban J connectivity index is 1.58. The summed E-state index contributed by atoms with van der Waals surface area (Å²) < 4.78 is 6.54. The highest BCUT2D eigenvalue weighted by atomic mass is 32.2. The maximum Gasteiger partial charge on any atom is 0.337 e. The van der Waals surface area contributed by atoms with Crippen LogP contribution >= 0.6 is 11.8 Å². The van der Waals surface area contributed by atoms with E-state index in [9.17, 15) is 14.7 Å². The Labute approximate surface area is 199 Å². The summed E-state index contributed by atoms with van der Waals surface area (Å²) in [5.41, 5.74) is 1.18. The smallest absolute Gasteiger partial charge is 0.337 e. The first-order valence-corrected chi connectivity index (χ1v) is 12.7. The fraction of sp³-hybridized carbons (Fsp3) is 0.560. The molecule has 8 heteroatoms. The molecule has 0 aliphatic heterocycles. The molecule has 1 aromatic carbocycles. The monoisotopic (exact) mass is 471 g/mol. The number of rotatable bonds is 7. The molecule has 33 heavy (non-hydrogen) atoms. The van der Waals surface area contributed by atoms with E-state index in [4.69, 9.17) is 4.74 Å². The van der Waals surface area contributed by atoms with E-state index < -0.39 is 5.60 Å². The Kier molecular flexibility index (Phi) is 7.14. The average Bonchev–Trinajstić information content (AvgIpc) is 3.21. The van der Waals surface area contributed by atoms with Crippen LogP contribution in [0.5, 0.6) is 0 Å². The van der Waals surface area contributed by atoms with Crippen LogP contribution in [0, 0.1) is 11.8 Å². The third kappa shape index (κ3) is 5.11. The van der Waals surface area contributed by atoms with Gasteiger partial charge < -0.3 is 15.2 Å². The third-order valence-corrected chi connectivity index (χ3v) is 8.09. The van der Waals surface area contributed by atoms with Crippen molar-refractivity contribution >= 4 is 23.6 Å². The standard InChI is InChI=1S/C25H33N3O4S/c1-4-12-33-23-20(15-26-28(23)19-10-8-16(9-11-19)24(30)32-3)22(29)27-21-17-6-5-7-18(21)14-25(2,31)13-17/h8-11,15,17-18,21,31H,4-7,12-14H2,1-3H3,(H,27,29)/t17-,18+,21?,25?. The number of hydrogen-bond acceptors (Lipinski definition) is 6. The number of fused-ring (bicyclic) bond motifs is 2. The quantitative estimate of drug-likeness (QED) is 0.464. The van der Waals surface area contributed by atoms with Crippen LogP contribution in [0.1, 0.15) is 73.1 Å². The van der Waals surface area contributed by atoms with E-state index in [-0.39, 0.29) is 17.9 Å². The average molecular weight is 472 g/mol. The van der Waals surface area contributed by atoms with Crippen LogP contribution in [0.2, 0.25) is 0 Å². The highest BCUT2D eigenvalue weighted by molar-refractivity contribution is 7.99. The highest BCUT2D eigenvalue weighted by Gasteiger charge is 2.45.